The molecule has 5 N–H and O–H groups in total. The average molecular weight is 475 g/mol. The molecule has 1 saturated heterocycles. The molecular formula is C19H33N5O9. The molecule has 1 aliphatic heterocycles. The van der Waals surface area contributed by atoms with Crippen molar-refractivity contribution in [3.05, 3.63) is 0 Å². The summed E-state index contributed by atoms with van der Waals surface area (Å²) in [4.78, 5) is 63.5. The highest BCUT2D eigenvalue weighted by molar-refractivity contribution is 5.84. The molecule has 0 spiro atoms. The van der Waals surface area contributed by atoms with Crippen LogP contribution in [0, 0.1) is 0 Å². The number of carbonyl (C=O) groups is 5. The largest absolute Gasteiger partial charge is 0.480 e. The molecule has 0 saturated carbocycles. The van der Waals surface area contributed by atoms with Crippen LogP contribution in [-0.4, -0.2) is 154 Å². The molecule has 0 aromatic rings. The van der Waals surface area contributed by atoms with Crippen molar-refractivity contribution in [3.63, 3.8) is 0 Å². The standard InChI is InChI=1S/C19H33N5O9/c1-14(19(32)33)20-15(25)10-21-2-4-22(11-16(26)27)6-8-24(13-18(30)31)9-7-23(5-3-21)12-17(28)29/h14H,2-13H2,1H3,(H,20,25)(H,26,27)(H,28,29)(H,30,31)(H,32,33). The van der Waals surface area contributed by atoms with Crippen LogP contribution in [0.25, 0.3) is 0 Å². The van der Waals surface area contributed by atoms with Crippen LogP contribution in [0.2, 0.25) is 0 Å². The van der Waals surface area contributed by atoms with Gasteiger partial charge in [0.25, 0.3) is 0 Å². The van der Waals surface area contributed by atoms with Gasteiger partial charge < -0.3 is 25.7 Å². The number of aliphatic carboxylic acids is 4. The molecule has 14 heteroatoms. The lowest BCUT2D eigenvalue weighted by Crippen LogP contribution is -2.50. The number of nitrogens with one attached hydrogen (secondary N) is 1. The van der Waals surface area contributed by atoms with E-state index in [0.29, 0.717) is 0 Å². The highest BCUT2D eigenvalue weighted by Gasteiger charge is 2.22. The van der Waals surface area contributed by atoms with Gasteiger partial charge in [0.2, 0.25) is 5.91 Å². The van der Waals surface area contributed by atoms with Gasteiger partial charge in [0, 0.05) is 52.4 Å². The van der Waals surface area contributed by atoms with E-state index in [0.717, 1.165) is 0 Å². The smallest absolute Gasteiger partial charge is 0.325 e. The molecule has 1 atom stereocenters. The van der Waals surface area contributed by atoms with E-state index in [4.69, 9.17) is 10.2 Å². The molecule has 0 aromatic carbocycles. The van der Waals surface area contributed by atoms with Gasteiger partial charge in [0.15, 0.2) is 0 Å². The molecule has 14 nitrogen and oxygen atoms in total. The average Bonchev–Trinajstić information content (AvgIpc) is 2.68. The Kier molecular flexibility index (Phi) is 12.3. The Labute approximate surface area is 191 Å². The van der Waals surface area contributed by atoms with Gasteiger partial charge in [0.05, 0.1) is 26.2 Å². The van der Waals surface area contributed by atoms with E-state index in [1.807, 2.05) is 0 Å². The number of carboxylic acid groups (broad SMARTS) is 4. The van der Waals surface area contributed by atoms with Crippen LogP contribution in [-0.2, 0) is 24.0 Å². The summed E-state index contributed by atoms with van der Waals surface area (Å²) >= 11 is 0. The summed E-state index contributed by atoms with van der Waals surface area (Å²) in [5.74, 6) is -4.81. The molecule has 33 heavy (non-hydrogen) atoms. The second kappa shape index (κ2) is 14.4. The van der Waals surface area contributed by atoms with E-state index in [1.54, 1.807) is 19.6 Å². The molecule has 1 heterocycles. The third-order valence-corrected chi connectivity index (χ3v) is 5.12. The number of carboxylic acids is 4. The SMILES string of the molecule is CC(NC(=O)CN1CCN(CC(=O)O)CCN(CC(=O)O)CCN(CC(=O)O)CC1)C(=O)O. The zero-order valence-electron chi connectivity index (χ0n) is 18.7. The van der Waals surface area contributed by atoms with E-state index in [-0.39, 0.29) is 78.5 Å². The first-order valence-electron chi connectivity index (χ1n) is 10.5. The number of nitrogens with zero attached hydrogens (tertiary/aromatic N) is 4. The molecule has 1 amide bonds. The van der Waals surface area contributed by atoms with Crippen molar-refractivity contribution in [1.29, 1.82) is 0 Å². The third-order valence-electron chi connectivity index (χ3n) is 5.12. The minimum Gasteiger partial charge on any atom is -0.480 e. The Hall–Kier alpha value is -2.81. The molecule has 1 rings (SSSR count). The fourth-order valence-electron chi connectivity index (χ4n) is 3.34. The van der Waals surface area contributed by atoms with Gasteiger partial charge in [-0.3, -0.25) is 43.6 Å². The Morgan fingerprint density at radius 1 is 0.606 bits per heavy atom. The van der Waals surface area contributed by atoms with Gasteiger partial charge in [-0.15, -0.1) is 0 Å². The fraction of sp³-hybridized carbons (Fsp3) is 0.737. The summed E-state index contributed by atoms with van der Waals surface area (Å²) in [7, 11) is 0. The van der Waals surface area contributed by atoms with Gasteiger partial charge in [-0.05, 0) is 6.92 Å². The molecule has 188 valence electrons. The van der Waals surface area contributed by atoms with Gasteiger partial charge in [-0.2, -0.15) is 0 Å². The Balaban J connectivity index is 2.95. The highest BCUT2D eigenvalue weighted by Crippen LogP contribution is 2.01. The monoisotopic (exact) mass is 475 g/mol. The first-order valence-corrected chi connectivity index (χ1v) is 10.5. The second-order valence-electron chi connectivity index (χ2n) is 7.91. The number of amides is 1. The Morgan fingerprint density at radius 2 is 0.879 bits per heavy atom. The summed E-state index contributed by atoms with van der Waals surface area (Å²) in [5.41, 5.74) is 0. The van der Waals surface area contributed by atoms with Crippen LogP contribution in [0.1, 0.15) is 6.92 Å². The van der Waals surface area contributed by atoms with Gasteiger partial charge in [-0.1, -0.05) is 0 Å². The molecule has 1 fully saturated rings. The molecule has 0 radical (unpaired) electrons. The van der Waals surface area contributed by atoms with Crippen LogP contribution in [0.3, 0.4) is 0 Å². The molecule has 0 aromatic heterocycles. The van der Waals surface area contributed by atoms with Crippen molar-refractivity contribution < 1.29 is 44.4 Å². The third kappa shape index (κ3) is 12.7. The fourth-order valence-corrected chi connectivity index (χ4v) is 3.34. The number of carbonyl (C=O) groups excluding carboxylic acids is 1. The molecule has 0 bridgehead atoms. The first-order chi connectivity index (χ1) is 15.5. The van der Waals surface area contributed by atoms with Crippen molar-refractivity contribution >= 4 is 29.8 Å². The molecule has 0 aliphatic carbocycles. The number of hydrogen-bond acceptors (Lipinski definition) is 9. The zero-order valence-corrected chi connectivity index (χ0v) is 18.7. The summed E-state index contributed by atoms with van der Waals surface area (Å²) in [6.45, 7) is 2.62. The molecule has 1 unspecified atom stereocenters. The topological polar surface area (TPSA) is 191 Å². The van der Waals surface area contributed by atoms with E-state index in [9.17, 15) is 34.2 Å². The summed E-state index contributed by atoms with van der Waals surface area (Å²) in [6, 6.07) is -1.07. The van der Waals surface area contributed by atoms with Crippen LogP contribution in [0.5, 0.6) is 0 Å². The zero-order chi connectivity index (χ0) is 25.0. The molecule has 1 aliphatic rings. The number of rotatable bonds is 10. The van der Waals surface area contributed by atoms with Crippen LogP contribution >= 0.6 is 0 Å². The summed E-state index contributed by atoms with van der Waals surface area (Å²) in [5, 5.41) is 38.9. The van der Waals surface area contributed by atoms with Crippen molar-refractivity contribution in [2.24, 2.45) is 0 Å². The number of hydrogen-bond donors (Lipinski definition) is 5. The predicted octanol–water partition coefficient (Wildman–Crippen LogP) is -2.95. The Morgan fingerprint density at radius 3 is 1.12 bits per heavy atom. The maximum absolute atomic E-state index is 12.3. The maximum Gasteiger partial charge on any atom is 0.325 e. The van der Waals surface area contributed by atoms with Crippen LogP contribution in [0.4, 0.5) is 0 Å². The van der Waals surface area contributed by atoms with Crippen molar-refractivity contribution in [2.75, 3.05) is 78.5 Å². The predicted molar refractivity (Wildman–Crippen MR) is 114 cm³/mol. The van der Waals surface area contributed by atoms with E-state index in [1.165, 1.54) is 6.92 Å². The maximum atomic E-state index is 12.3. The van der Waals surface area contributed by atoms with Crippen LogP contribution < -0.4 is 5.32 Å². The quantitative estimate of drug-likeness (QED) is 0.216. The van der Waals surface area contributed by atoms with Crippen LogP contribution in [0.15, 0.2) is 0 Å². The second-order valence-corrected chi connectivity index (χ2v) is 7.91. The minimum absolute atomic E-state index is 0.134. The van der Waals surface area contributed by atoms with Crippen molar-refractivity contribution in [1.82, 2.24) is 24.9 Å². The van der Waals surface area contributed by atoms with Gasteiger partial charge in [0.1, 0.15) is 6.04 Å². The van der Waals surface area contributed by atoms with Crippen molar-refractivity contribution in [2.45, 2.75) is 13.0 Å². The Bertz CT molecular complexity index is 673. The molecular weight excluding hydrogens is 442 g/mol. The van der Waals surface area contributed by atoms with E-state index in [2.05, 4.69) is 5.32 Å². The lowest BCUT2D eigenvalue weighted by molar-refractivity contribution is -0.141. The lowest BCUT2D eigenvalue weighted by Gasteiger charge is -2.32. The summed E-state index contributed by atoms with van der Waals surface area (Å²) in [6.07, 6.45) is 0. The normalized spacial score (nSPS) is 19.1. The highest BCUT2D eigenvalue weighted by atomic mass is 16.4. The van der Waals surface area contributed by atoms with Crippen molar-refractivity contribution in [3.8, 4) is 0 Å². The minimum atomic E-state index is -1.18. The first kappa shape index (κ1) is 28.2. The lowest BCUT2D eigenvalue weighted by atomic mass is 10.3. The summed E-state index contributed by atoms with van der Waals surface area (Å²) < 4.78 is 0. The van der Waals surface area contributed by atoms with E-state index < -0.39 is 35.8 Å². The van der Waals surface area contributed by atoms with E-state index >= 15 is 0 Å². The van der Waals surface area contributed by atoms with Gasteiger partial charge in [-0.25, -0.2) is 0 Å². The van der Waals surface area contributed by atoms with Gasteiger partial charge >= 0.3 is 23.9 Å².